The van der Waals surface area contributed by atoms with Gasteiger partial charge in [0.1, 0.15) is 17.0 Å². The smallest absolute Gasteiger partial charge is 0.416 e. The molecule has 2 aromatic carbocycles. The average Bonchev–Trinajstić information content (AvgIpc) is 3.34. The van der Waals surface area contributed by atoms with Crippen molar-refractivity contribution in [3.63, 3.8) is 0 Å². The maximum Gasteiger partial charge on any atom is 0.416 e. The molecule has 4 aromatic rings. The molecule has 10 nitrogen and oxygen atoms in total. The van der Waals surface area contributed by atoms with Crippen molar-refractivity contribution >= 4 is 46.0 Å². The molecule has 14 heteroatoms. The van der Waals surface area contributed by atoms with Crippen LogP contribution in [0.25, 0.3) is 10.9 Å². The number of amides is 2. The summed E-state index contributed by atoms with van der Waals surface area (Å²) in [6.45, 7) is 6.77. The van der Waals surface area contributed by atoms with Gasteiger partial charge < -0.3 is 29.2 Å². The van der Waals surface area contributed by atoms with Gasteiger partial charge in [-0.15, -0.1) is 0 Å². The SMILES string of the molecule is Cn1c(C(=O)N2CCN(C(=O)OC(C)(C)C)CC2)cc2ccc(Oc3ccc(NCC(=O)c4ccc(C(F)(F)F)cc4Cl)cn3)cc21. The minimum Gasteiger partial charge on any atom is -0.444 e. The molecule has 3 heterocycles. The summed E-state index contributed by atoms with van der Waals surface area (Å²) in [7, 11) is 1.80. The van der Waals surface area contributed by atoms with Gasteiger partial charge in [-0.3, -0.25) is 9.59 Å². The van der Waals surface area contributed by atoms with Crippen molar-refractivity contribution in [2.24, 2.45) is 7.05 Å². The number of halogens is 4. The fourth-order valence-electron chi connectivity index (χ4n) is 5.02. The summed E-state index contributed by atoms with van der Waals surface area (Å²) in [5.74, 6) is 0.143. The van der Waals surface area contributed by atoms with E-state index in [1.165, 1.54) is 6.20 Å². The quantitative estimate of drug-likeness (QED) is 0.210. The zero-order chi connectivity index (χ0) is 34.1. The van der Waals surface area contributed by atoms with Crippen LogP contribution in [0.5, 0.6) is 11.6 Å². The van der Waals surface area contributed by atoms with Gasteiger partial charge >= 0.3 is 12.3 Å². The number of nitrogens with zero attached hydrogens (tertiary/aromatic N) is 4. The first-order valence-electron chi connectivity index (χ1n) is 14.7. The zero-order valence-electron chi connectivity index (χ0n) is 26.2. The molecule has 2 amide bonds. The number of ketones is 1. The molecule has 248 valence electrons. The second kappa shape index (κ2) is 13.1. The van der Waals surface area contributed by atoms with Crippen LogP contribution in [-0.4, -0.2) is 75.5 Å². The highest BCUT2D eigenvalue weighted by atomic mass is 35.5. The Kier molecular flexibility index (Phi) is 9.39. The molecule has 0 aliphatic carbocycles. The first kappa shape index (κ1) is 33.6. The number of hydrogen-bond acceptors (Lipinski definition) is 7. The number of rotatable bonds is 7. The van der Waals surface area contributed by atoms with Gasteiger partial charge in [0.05, 0.1) is 34.5 Å². The highest BCUT2D eigenvalue weighted by Gasteiger charge is 2.32. The van der Waals surface area contributed by atoms with Crippen molar-refractivity contribution in [1.29, 1.82) is 0 Å². The number of anilines is 1. The molecule has 0 bridgehead atoms. The summed E-state index contributed by atoms with van der Waals surface area (Å²) in [5.41, 5.74) is 0.218. The van der Waals surface area contributed by atoms with Gasteiger partial charge in [0, 0.05) is 56.3 Å². The lowest BCUT2D eigenvalue weighted by atomic mass is 10.1. The minimum atomic E-state index is -4.56. The number of carbonyl (C=O) groups is 3. The molecular formula is C33H33ClF3N5O5. The standard InChI is InChI=1S/C33H33ClF3N5O5/c1-32(2,3)47-31(45)42-13-11-41(12-14-42)30(44)27-15-20-5-8-23(17-26(20)40(27)4)46-29-10-7-22(18-39-29)38-19-28(43)24-9-6-21(16-25(24)34)33(35,36)37/h5-10,15-18,38H,11-14,19H2,1-4H3. The Bertz CT molecular complexity index is 1810. The van der Waals surface area contributed by atoms with Crippen LogP contribution in [0.15, 0.2) is 60.8 Å². The van der Waals surface area contributed by atoms with Crippen LogP contribution in [-0.2, 0) is 18.0 Å². The normalized spacial score (nSPS) is 13.9. The molecule has 1 aliphatic rings. The number of nitrogens with one attached hydrogen (secondary N) is 1. The number of alkyl halides is 3. The fraction of sp³-hybridized carbons (Fsp3) is 0.333. The fourth-order valence-corrected chi connectivity index (χ4v) is 5.31. The lowest BCUT2D eigenvalue weighted by molar-refractivity contribution is -0.137. The van der Waals surface area contributed by atoms with Crippen molar-refractivity contribution in [2.75, 3.05) is 38.0 Å². The molecular weight excluding hydrogens is 639 g/mol. The molecule has 0 atom stereocenters. The highest BCUT2D eigenvalue weighted by Crippen LogP contribution is 2.32. The molecule has 2 aromatic heterocycles. The Morgan fingerprint density at radius 1 is 0.936 bits per heavy atom. The summed E-state index contributed by atoms with van der Waals surface area (Å²) >= 11 is 5.93. The van der Waals surface area contributed by atoms with E-state index in [1.807, 2.05) is 32.9 Å². The van der Waals surface area contributed by atoms with Gasteiger partial charge in [-0.1, -0.05) is 11.6 Å². The van der Waals surface area contributed by atoms with E-state index >= 15 is 0 Å². The van der Waals surface area contributed by atoms with Crippen LogP contribution < -0.4 is 10.1 Å². The van der Waals surface area contributed by atoms with Gasteiger partial charge in [-0.2, -0.15) is 13.2 Å². The Labute approximate surface area is 274 Å². The summed E-state index contributed by atoms with van der Waals surface area (Å²) in [6.07, 6.45) is -3.49. The zero-order valence-corrected chi connectivity index (χ0v) is 26.9. The molecule has 1 N–H and O–H groups in total. The van der Waals surface area contributed by atoms with E-state index in [4.69, 9.17) is 21.1 Å². The van der Waals surface area contributed by atoms with Crippen molar-refractivity contribution in [3.05, 3.63) is 82.6 Å². The first-order chi connectivity index (χ1) is 22.1. The van der Waals surface area contributed by atoms with Crippen molar-refractivity contribution in [3.8, 4) is 11.6 Å². The van der Waals surface area contributed by atoms with E-state index in [2.05, 4.69) is 10.3 Å². The summed E-state index contributed by atoms with van der Waals surface area (Å²) in [5, 5.41) is 3.45. The summed E-state index contributed by atoms with van der Waals surface area (Å²) in [6, 6.07) is 13.1. The monoisotopic (exact) mass is 671 g/mol. The maximum absolute atomic E-state index is 13.4. The first-order valence-corrected chi connectivity index (χ1v) is 15.1. The molecule has 47 heavy (non-hydrogen) atoms. The van der Waals surface area contributed by atoms with Crippen molar-refractivity contribution < 1.29 is 37.0 Å². The highest BCUT2D eigenvalue weighted by molar-refractivity contribution is 6.34. The topological polar surface area (TPSA) is 106 Å². The number of carbonyl (C=O) groups excluding carboxylic acids is 3. The van der Waals surface area contributed by atoms with Crippen molar-refractivity contribution in [1.82, 2.24) is 19.4 Å². The maximum atomic E-state index is 13.4. The lowest BCUT2D eigenvalue weighted by Crippen LogP contribution is -2.51. The number of pyridine rings is 1. The van der Waals surface area contributed by atoms with Crippen molar-refractivity contribution in [2.45, 2.75) is 32.5 Å². The second-order valence-electron chi connectivity index (χ2n) is 12.0. The Morgan fingerprint density at radius 3 is 2.26 bits per heavy atom. The molecule has 0 radical (unpaired) electrons. The van der Waals surface area contributed by atoms with E-state index in [0.717, 1.165) is 29.1 Å². The molecule has 5 rings (SSSR count). The minimum absolute atomic E-state index is 0.0261. The number of hydrogen-bond donors (Lipinski definition) is 1. The third kappa shape index (κ3) is 7.97. The third-order valence-corrected chi connectivity index (χ3v) is 7.78. The molecule has 0 unspecified atom stereocenters. The predicted octanol–water partition coefficient (Wildman–Crippen LogP) is 7.03. The van der Waals surface area contributed by atoms with E-state index < -0.39 is 23.1 Å². The van der Waals surface area contributed by atoms with Gasteiger partial charge in [-0.25, -0.2) is 9.78 Å². The molecule has 1 saturated heterocycles. The van der Waals surface area contributed by atoms with Crippen LogP contribution in [0.1, 0.15) is 47.2 Å². The van der Waals surface area contributed by atoms with Crippen LogP contribution in [0.4, 0.5) is 23.7 Å². The summed E-state index contributed by atoms with van der Waals surface area (Å²) in [4.78, 5) is 45.9. The van der Waals surface area contributed by atoms with E-state index in [9.17, 15) is 27.6 Å². The van der Waals surface area contributed by atoms with Crippen LogP contribution in [0.3, 0.4) is 0 Å². The van der Waals surface area contributed by atoms with E-state index in [0.29, 0.717) is 43.3 Å². The lowest BCUT2D eigenvalue weighted by Gasteiger charge is -2.35. The molecule has 1 fully saturated rings. The van der Waals surface area contributed by atoms with E-state index in [1.54, 1.807) is 45.7 Å². The predicted molar refractivity (Wildman–Crippen MR) is 170 cm³/mol. The number of Topliss-reactive ketones (excluding diaryl/α,β-unsaturated/α-hetero) is 1. The van der Waals surface area contributed by atoms with Gasteiger partial charge in [-0.05, 0) is 63.2 Å². The molecule has 0 spiro atoms. The van der Waals surface area contributed by atoms with Gasteiger partial charge in [0.15, 0.2) is 5.78 Å². The molecule has 1 aliphatic heterocycles. The Balaban J connectivity index is 1.18. The third-order valence-electron chi connectivity index (χ3n) is 7.46. The number of aromatic nitrogens is 2. The van der Waals surface area contributed by atoms with Crippen LogP contribution in [0, 0.1) is 0 Å². The molecule has 0 saturated carbocycles. The number of aryl methyl sites for hydroxylation is 1. The van der Waals surface area contributed by atoms with Crippen LogP contribution in [0.2, 0.25) is 5.02 Å². The van der Waals surface area contributed by atoms with Crippen LogP contribution >= 0.6 is 11.6 Å². The average molecular weight is 672 g/mol. The van der Waals surface area contributed by atoms with E-state index in [-0.39, 0.29) is 35.0 Å². The van der Waals surface area contributed by atoms with Gasteiger partial charge in [0.2, 0.25) is 5.88 Å². The number of ether oxygens (including phenoxy) is 2. The van der Waals surface area contributed by atoms with Gasteiger partial charge in [0.25, 0.3) is 5.91 Å². The number of piperazine rings is 1. The number of benzene rings is 2. The summed E-state index contributed by atoms with van der Waals surface area (Å²) < 4.78 is 51.8. The Morgan fingerprint density at radius 2 is 1.64 bits per heavy atom. The largest absolute Gasteiger partial charge is 0.444 e. The number of fused-ring (bicyclic) bond motifs is 1. The second-order valence-corrected chi connectivity index (χ2v) is 12.4. The Hall–Kier alpha value is -4.78.